The number of hydrogen-bond donors (Lipinski definition) is 1. The number of carbonyl (C=O) groups excluding carboxylic acids is 1. The van der Waals surface area contributed by atoms with Gasteiger partial charge in [0, 0.05) is 12.5 Å². The van der Waals surface area contributed by atoms with E-state index in [1.54, 1.807) is 4.90 Å². The third kappa shape index (κ3) is 4.86. The molecule has 0 aliphatic carbocycles. The number of aliphatic hydroxyl groups is 1. The maximum atomic E-state index is 12.1. The molecule has 1 aromatic carbocycles. The summed E-state index contributed by atoms with van der Waals surface area (Å²) in [5, 5.41) is 10.4. The van der Waals surface area contributed by atoms with Crippen molar-refractivity contribution < 1.29 is 19.4 Å². The third-order valence-electron chi connectivity index (χ3n) is 3.85. The Bertz CT molecular complexity index is 521. The Morgan fingerprint density at radius 2 is 1.96 bits per heavy atom. The van der Waals surface area contributed by atoms with Crippen LogP contribution in [0.2, 0.25) is 0 Å². The predicted octanol–water partition coefficient (Wildman–Crippen LogP) is 3.17. The first kappa shape index (κ1) is 17.6. The maximum absolute atomic E-state index is 12.1. The van der Waals surface area contributed by atoms with Crippen molar-refractivity contribution in [2.45, 2.75) is 51.7 Å². The topological polar surface area (TPSA) is 59.0 Å². The van der Waals surface area contributed by atoms with E-state index in [1.807, 2.05) is 52.0 Å². The largest absolute Gasteiger partial charge is 0.494 e. The van der Waals surface area contributed by atoms with Crippen LogP contribution >= 0.6 is 0 Å². The molecule has 1 heterocycles. The standard InChI is InChI=1S/C18H27NO4/c1-5-22-14-8-6-13(7-9-14)15-10-11-19(12-16(15)20)17(21)23-18(2,3)4/h6-9,15-16,20H,5,10-12H2,1-4H3/t15-,16-/m0/s1. The Morgan fingerprint density at radius 1 is 1.30 bits per heavy atom. The van der Waals surface area contributed by atoms with Crippen molar-refractivity contribution in [2.75, 3.05) is 19.7 Å². The van der Waals surface area contributed by atoms with E-state index in [0.29, 0.717) is 26.1 Å². The monoisotopic (exact) mass is 321 g/mol. The minimum atomic E-state index is -0.589. The van der Waals surface area contributed by atoms with Crippen molar-refractivity contribution in [3.63, 3.8) is 0 Å². The maximum Gasteiger partial charge on any atom is 0.410 e. The Morgan fingerprint density at radius 3 is 2.48 bits per heavy atom. The minimum absolute atomic E-state index is 0.0318. The number of piperidine rings is 1. The number of rotatable bonds is 3. The Balaban J connectivity index is 1.97. The average Bonchev–Trinajstić information content (AvgIpc) is 2.47. The number of nitrogens with zero attached hydrogens (tertiary/aromatic N) is 1. The molecule has 2 rings (SSSR count). The summed E-state index contributed by atoms with van der Waals surface area (Å²) in [7, 11) is 0. The molecule has 128 valence electrons. The summed E-state index contributed by atoms with van der Waals surface area (Å²) in [5.74, 6) is 0.862. The molecule has 1 N–H and O–H groups in total. The van der Waals surface area contributed by atoms with Gasteiger partial charge in [-0.05, 0) is 51.8 Å². The normalized spacial score (nSPS) is 21.9. The molecule has 1 aliphatic heterocycles. The van der Waals surface area contributed by atoms with Crippen LogP contribution in [0.15, 0.2) is 24.3 Å². The quantitative estimate of drug-likeness (QED) is 0.929. The zero-order valence-electron chi connectivity index (χ0n) is 14.4. The molecule has 5 nitrogen and oxygen atoms in total. The molecule has 1 fully saturated rings. The van der Waals surface area contributed by atoms with E-state index >= 15 is 0 Å². The lowest BCUT2D eigenvalue weighted by Crippen LogP contribution is -2.47. The number of aliphatic hydroxyl groups excluding tert-OH is 1. The second-order valence-electron chi connectivity index (χ2n) is 6.89. The van der Waals surface area contributed by atoms with Crippen LogP contribution in [0.1, 0.15) is 45.6 Å². The fourth-order valence-electron chi connectivity index (χ4n) is 2.79. The lowest BCUT2D eigenvalue weighted by Gasteiger charge is -2.36. The van der Waals surface area contributed by atoms with Gasteiger partial charge in [0.15, 0.2) is 0 Å². The molecule has 1 aromatic rings. The first-order valence-electron chi connectivity index (χ1n) is 8.19. The Kier molecular flexibility index (Phi) is 5.52. The summed E-state index contributed by atoms with van der Waals surface area (Å²) in [6.07, 6.45) is -0.232. The lowest BCUT2D eigenvalue weighted by atomic mass is 9.87. The molecular weight excluding hydrogens is 294 g/mol. The number of hydrogen-bond acceptors (Lipinski definition) is 4. The minimum Gasteiger partial charge on any atom is -0.494 e. The summed E-state index contributed by atoms with van der Waals surface area (Å²) in [4.78, 5) is 13.7. The molecule has 0 saturated carbocycles. The molecule has 2 atom stereocenters. The molecule has 1 saturated heterocycles. The van der Waals surface area contributed by atoms with Crippen molar-refractivity contribution >= 4 is 6.09 Å². The predicted molar refractivity (Wildman–Crippen MR) is 88.8 cm³/mol. The Labute approximate surface area is 138 Å². The van der Waals surface area contributed by atoms with Crippen molar-refractivity contribution in [3.05, 3.63) is 29.8 Å². The van der Waals surface area contributed by atoms with Gasteiger partial charge in [-0.15, -0.1) is 0 Å². The van der Waals surface area contributed by atoms with E-state index in [2.05, 4.69) is 0 Å². The van der Waals surface area contributed by atoms with Crippen molar-refractivity contribution in [3.8, 4) is 5.75 Å². The van der Waals surface area contributed by atoms with Gasteiger partial charge in [0.25, 0.3) is 0 Å². The molecule has 5 heteroatoms. The number of β-amino-alcohol motifs (C(OH)–C–C–N with tert-alkyl or cyclic N) is 1. The van der Waals surface area contributed by atoms with Gasteiger partial charge in [0.1, 0.15) is 11.4 Å². The zero-order valence-corrected chi connectivity index (χ0v) is 14.4. The van der Waals surface area contributed by atoms with Crippen LogP contribution in [0.5, 0.6) is 5.75 Å². The summed E-state index contributed by atoms with van der Waals surface area (Å²) in [6, 6.07) is 7.82. The van der Waals surface area contributed by atoms with Gasteiger partial charge < -0.3 is 19.5 Å². The van der Waals surface area contributed by atoms with E-state index in [-0.39, 0.29) is 12.0 Å². The van der Waals surface area contributed by atoms with Crippen molar-refractivity contribution in [1.29, 1.82) is 0 Å². The summed E-state index contributed by atoms with van der Waals surface area (Å²) in [5.41, 5.74) is 0.554. The van der Waals surface area contributed by atoms with Gasteiger partial charge in [-0.3, -0.25) is 0 Å². The van der Waals surface area contributed by atoms with Crippen LogP contribution in [0, 0.1) is 0 Å². The van der Waals surface area contributed by atoms with Gasteiger partial charge in [-0.2, -0.15) is 0 Å². The molecule has 0 unspecified atom stereocenters. The third-order valence-corrected chi connectivity index (χ3v) is 3.85. The summed E-state index contributed by atoms with van der Waals surface area (Å²) < 4.78 is 10.8. The molecule has 1 amide bonds. The number of carbonyl (C=O) groups is 1. The van der Waals surface area contributed by atoms with Crippen molar-refractivity contribution in [1.82, 2.24) is 4.90 Å². The zero-order chi connectivity index (χ0) is 17.0. The highest BCUT2D eigenvalue weighted by atomic mass is 16.6. The van der Waals surface area contributed by atoms with Crippen LogP contribution in [-0.4, -0.2) is 47.5 Å². The first-order valence-corrected chi connectivity index (χ1v) is 8.19. The molecule has 0 radical (unpaired) electrons. The highest BCUT2D eigenvalue weighted by molar-refractivity contribution is 5.68. The second-order valence-corrected chi connectivity index (χ2v) is 6.89. The highest BCUT2D eigenvalue weighted by Crippen LogP contribution is 2.30. The number of likely N-dealkylation sites (tertiary alicyclic amines) is 1. The van der Waals surface area contributed by atoms with E-state index in [1.165, 1.54) is 0 Å². The highest BCUT2D eigenvalue weighted by Gasteiger charge is 2.33. The van der Waals surface area contributed by atoms with Gasteiger partial charge in [-0.1, -0.05) is 12.1 Å². The summed E-state index contributed by atoms with van der Waals surface area (Å²) >= 11 is 0. The molecule has 1 aliphatic rings. The number of ether oxygens (including phenoxy) is 2. The van der Waals surface area contributed by atoms with Crippen molar-refractivity contribution in [2.24, 2.45) is 0 Å². The first-order chi connectivity index (χ1) is 10.8. The molecule has 23 heavy (non-hydrogen) atoms. The SMILES string of the molecule is CCOc1ccc([C@@H]2CCN(C(=O)OC(C)(C)C)C[C@@H]2O)cc1. The van der Waals surface area contributed by atoms with Crippen LogP contribution < -0.4 is 4.74 Å². The van der Waals surface area contributed by atoms with Gasteiger partial charge in [0.2, 0.25) is 0 Å². The summed E-state index contributed by atoms with van der Waals surface area (Å²) in [6.45, 7) is 8.99. The van der Waals surface area contributed by atoms with E-state index in [9.17, 15) is 9.90 Å². The fourth-order valence-corrected chi connectivity index (χ4v) is 2.79. The van der Waals surface area contributed by atoms with E-state index < -0.39 is 11.7 Å². The second kappa shape index (κ2) is 7.21. The van der Waals surface area contributed by atoms with Gasteiger partial charge in [-0.25, -0.2) is 4.79 Å². The van der Waals surface area contributed by atoms with Crippen LogP contribution in [0.25, 0.3) is 0 Å². The van der Waals surface area contributed by atoms with Gasteiger partial charge in [0.05, 0.1) is 19.3 Å². The molecule has 0 aromatic heterocycles. The van der Waals surface area contributed by atoms with Gasteiger partial charge >= 0.3 is 6.09 Å². The van der Waals surface area contributed by atoms with Crippen LogP contribution in [0.4, 0.5) is 4.79 Å². The van der Waals surface area contributed by atoms with E-state index in [0.717, 1.165) is 11.3 Å². The van der Waals surface area contributed by atoms with Crippen LogP contribution in [-0.2, 0) is 4.74 Å². The fraction of sp³-hybridized carbons (Fsp3) is 0.611. The lowest BCUT2D eigenvalue weighted by molar-refractivity contribution is -0.00152. The average molecular weight is 321 g/mol. The number of amides is 1. The number of benzene rings is 1. The molecular formula is C18H27NO4. The van der Waals surface area contributed by atoms with E-state index in [4.69, 9.17) is 9.47 Å². The smallest absolute Gasteiger partial charge is 0.410 e. The molecule has 0 spiro atoms. The Hall–Kier alpha value is -1.75. The molecule has 0 bridgehead atoms. The van der Waals surface area contributed by atoms with Crippen LogP contribution in [0.3, 0.4) is 0 Å².